The number of imidazole rings is 1. The molecule has 2 aromatic heterocycles. The van der Waals surface area contributed by atoms with Crippen molar-refractivity contribution in [1.82, 2.24) is 9.38 Å². The van der Waals surface area contributed by atoms with Crippen LogP contribution in [0.2, 0.25) is 0 Å². The minimum Gasteiger partial charge on any atom is -0.497 e. The Morgan fingerprint density at radius 3 is 2.63 bits per heavy atom. The Bertz CT molecular complexity index is 1250. The Hall–Kier alpha value is -4.13. The van der Waals surface area contributed by atoms with Crippen molar-refractivity contribution in [2.75, 3.05) is 17.7 Å². The number of nitrogens with zero attached hydrogens (tertiary/aromatic N) is 2. The van der Waals surface area contributed by atoms with Gasteiger partial charge in [0.05, 0.1) is 18.4 Å². The van der Waals surface area contributed by atoms with E-state index < -0.39 is 5.91 Å². The molecule has 0 unspecified atom stereocenters. The van der Waals surface area contributed by atoms with Crippen LogP contribution in [0.15, 0.2) is 73.1 Å². The molecule has 0 saturated carbocycles. The monoisotopic (exact) mass is 400 g/mol. The van der Waals surface area contributed by atoms with Gasteiger partial charge < -0.3 is 19.8 Å². The molecule has 2 amide bonds. The molecule has 2 aromatic carbocycles. The molecule has 2 N–H and O–H groups in total. The van der Waals surface area contributed by atoms with Crippen LogP contribution in [0, 0.1) is 6.92 Å². The molecule has 7 heteroatoms. The Labute approximate surface area is 173 Å². The van der Waals surface area contributed by atoms with Gasteiger partial charge in [0.1, 0.15) is 17.1 Å². The highest BCUT2D eigenvalue weighted by atomic mass is 16.5. The Morgan fingerprint density at radius 1 is 0.967 bits per heavy atom. The number of anilines is 2. The van der Waals surface area contributed by atoms with Crippen molar-refractivity contribution in [3.63, 3.8) is 0 Å². The van der Waals surface area contributed by atoms with Crippen LogP contribution in [0.5, 0.6) is 5.75 Å². The molecule has 0 saturated heterocycles. The summed E-state index contributed by atoms with van der Waals surface area (Å²) in [4.78, 5) is 29.9. The topological polar surface area (TPSA) is 84.7 Å². The minimum absolute atomic E-state index is 0.267. The minimum atomic E-state index is -0.391. The van der Waals surface area contributed by atoms with Gasteiger partial charge in [-0.3, -0.25) is 9.59 Å². The number of hydrogen-bond acceptors (Lipinski definition) is 4. The van der Waals surface area contributed by atoms with E-state index in [0.29, 0.717) is 28.3 Å². The highest BCUT2D eigenvalue weighted by Crippen LogP contribution is 2.21. The fraction of sp³-hybridized carbons (Fsp3) is 0.0870. The third-order valence-electron chi connectivity index (χ3n) is 4.60. The molecule has 0 spiro atoms. The number of aryl methyl sites for hydroxylation is 1. The lowest BCUT2D eigenvalue weighted by Crippen LogP contribution is -2.18. The van der Waals surface area contributed by atoms with Gasteiger partial charge in [0, 0.05) is 24.1 Å². The summed E-state index contributed by atoms with van der Waals surface area (Å²) in [5, 5.41) is 5.62. The number of rotatable bonds is 5. The second-order valence-electron chi connectivity index (χ2n) is 6.78. The highest BCUT2D eigenvalue weighted by molar-refractivity contribution is 6.12. The summed E-state index contributed by atoms with van der Waals surface area (Å²) in [5.41, 5.74) is 3.34. The maximum absolute atomic E-state index is 12.8. The summed E-state index contributed by atoms with van der Waals surface area (Å²) in [5.74, 6) is -0.0979. The predicted octanol–water partition coefficient (Wildman–Crippen LogP) is 4.16. The maximum Gasteiger partial charge on any atom is 0.275 e. The van der Waals surface area contributed by atoms with Gasteiger partial charge in [0.25, 0.3) is 11.8 Å². The van der Waals surface area contributed by atoms with Crippen molar-refractivity contribution in [3.05, 3.63) is 89.9 Å². The second kappa shape index (κ2) is 8.08. The summed E-state index contributed by atoms with van der Waals surface area (Å²) >= 11 is 0. The number of para-hydroxylation sites is 1. The van der Waals surface area contributed by atoms with Crippen molar-refractivity contribution in [1.29, 1.82) is 0 Å². The lowest BCUT2D eigenvalue weighted by molar-refractivity contribution is 0.102. The van der Waals surface area contributed by atoms with Crippen LogP contribution >= 0.6 is 0 Å². The molecule has 0 aliphatic rings. The number of hydrogen-bond donors (Lipinski definition) is 2. The van der Waals surface area contributed by atoms with E-state index in [2.05, 4.69) is 15.6 Å². The van der Waals surface area contributed by atoms with E-state index in [4.69, 9.17) is 4.74 Å². The van der Waals surface area contributed by atoms with Crippen molar-refractivity contribution >= 4 is 28.8 Å². The SMILES string of the molecule is COc1cccc(NC(=O)c2ccccc2NC(=O)c2cn3ccc(C)cc3n2)c1. The fourth-order valence-electron chi connectivity index (χ4n) is 3.07. The lowest BCUT2D eigenvalue weighted by atomic mass is 10.1. The number of amides is 2. The Kier molecular flexibility index (Phi) is 5.17. The first-order valence-electron chi connectivity index (χ1n) is 9.34. The first-order chi connectivity index (χ1) is 14.5. The Balaban J connectivity index is 1.56. The first kappa shape index (κ1) is 19.2. The van der Waals surface area contributed by atoms with Crippen molar-refractivity contribution < 1.29 is 14.3 Å². The highest BCUT2D eigenvalue weighted by Gasteiger charge is 2.16. The van der Waals surface area contributed by atoms with Gasteiger partial charge in [-0.25, -0.2) is 4.98 Å². The van der Waals surface area contributed by atoms with Crippen molar-refractivity contribution in [2.45, 2.75) is 6.92 Å². The summed E-state index contributed by atoms with van der Waals surface area (Å²) in [6, 6.07) is 17.7. The molecular formula is C23H20N4O3. The first-order valence-corrected chi connectivity index (χ1v) is 9.34. The summed E-state index contributed by atoms with van der Waals surface area (Å²) in [7, 11) is 1.56. The summed E-state index contributed by atoms with van der Waals surface area (Å²) < 4.78 is 6.96. The molecule has 0 aliphatic carbocycles. The quantitative estimate of drug-likeness (QED) is 0.527. The van der Waals surface area contributed by atoms with Crippen LogP contribution < -0.4 is 15.4 Å². The van der Waals surface area contributed by atoms with Gasteiger partial charge >= 0.3 is 0 Å². The van der Waals surface area contributed by atoms with Crippen LogP contribution in [0.1, 0.15) is 26.4 Å². The van der Waals surface area contributed by atoms with Gasteiger partial charge in [-0.05, 0) is 48.9 Å². The van der Waals surface area contributed by atoms with Crippen LogP contribution in [0.25, 0.3) is 5.65 Å². The van der Waals surface area contributed by atoms with Crippen LogP contribution in [-0.2, 0) is 0 Å². The standard InChI is InChI=1S/C23H20N4O3/c1-15-10-11-27-14-20(25-21(27)12-15)23(29)26-19-9-4-3-8-18(19)22(28)24-16-6-5-7-17(13-16)30-2/h3-14H,1-2H3,(H,24,28)(H,26,29). The van der Waals surface area contributed by atoms with Gasteiger partial charge in [0.15, 0.2) is 0 Å². The largest absolute Gasteiger partial charge is 0.497 e. The number of fused-ring (bicyclic) bond motifs is 1. The molecule has 7 nitrogen and oxygen atoms in total. The zero-order valence-electron chi connectivity index (χ0n) is 16.5. The maximum atomic E-state index is 12.8. The lowest BCUT2D eigenvalue weighted by Gasteiger charge is -2.11. The van der Waals surface area contributed by atoms with Gasteiger partial charge in [-0.1, -0.05) is 18.2 Å². The molecule has 4 aromatic rings. The van der Waals surface area contributed by atoms with Crippen LogP contribution in [-0.4, -0.2) is 28.3 Å². The zero-order chi connectivity index (χ0) is 21.1. The van der Waals surface area contributed by atoms with E-state index in [1.165, 1.54) is 0 Å². The van der Waals surface area contributed by atoms with Crippen molar-refractivity contribution in [3.8, 4) is 5.75 Å². The molecule has 150 valence electrons. The molecule has 0 bridgehead atoms. The van der Waals surface area contributed by atoms with E-state index in [1.807, 2.05) is 25.3 Å². The number of methoxy groups -OCH3 is 1. The third-order valence-corrected chi connectivity index (χ3v) is 4.60. The number of carbonyl (C=O) groups excluding carboxylic acids is 2. The van der Waals surface area contributed by atoms with Gasteiger partial charge in [-0.2, -0.15) is 0 Å². The normalized spacial score (nSPS) is 10.6. The molecule has 0 atom stereocenters. The molecule has 0 radical (unpaired) electrons. The average Bonchev–Trinajstić information content (AvgIpc) is 3.17. The predicted molar refractivity (Wildman–Crippen MR) is 115 cm³/mol. The summed E-state index contributed by atoms with van der Waals surface area (Å²) in [6.45, 7) is 1.96. The number of aromatic nitrogens is 2. The number of benzene rings is 2. The van der Waals surface area contributed by atoms with E-state index in [-0.39, 0.29) is 11.6 Å². The van der Waals surface area contributed by atoms with E-state index in [0.717, 1.165) is 5.56 Å². The number of carbonyl (C=O) groups is 2. The third kappa shape index (κ3) is 4.00. The van der Waals surface area contributed by atoms with Crippen LogP contribution in [0.4, 0.5) is 11.4 Å². The van der Waals surface area contributed by atoms with Crippen molar-refractivity contribution in [2.24, 2.45) is 0 Å². The average molecular weight is 400 g/mol. The zero-order valence-corrected chi connectivity index (χ0v) is 16.5. The molecule has 4 rings (SSSR count). The second-order valence-corrected chi connectivity index (χ2v) is 6.78. The van der Waals surface area contributed by atoms with Gasteiger partial charge in [-0.15, -0.1) is 0 Å². The fourth-order valence-corrected chi connectivity index (χ4v) is 3.07. The molecule has 2 heterocycles. The number of ether oxygens (including phenoxy) is 1. The smallest absolute Gasteiger partial charge is 0.275 e. The number of nitrogens with one attached hydrogen (secondary N) is 2. The number of pyridine rings is 1. The van der Waals surface area contributed by atoms with E-state index in [1.54, 1.807) is 66.2 Å². The van der Waals surface area contributed by atoms with Gasteiger partial charge in [0.2, 0.25) is 0 Å². The molecular weight excluding hydrogens is 380 g/mol. The molecule has 0 aliphatic heterocycles. The van der Waals surface area contributed by atoms with E-state index in [9.17, 15) is 9.59 Å². The van der Waals surface area contributed by atoms with E-state index >= 15 is 0 Å². The summed E-state index contributed by atoms with van der Waals surface area (Å²) in [6.07, 6.45) is 3.51. The molecule has 0 fully saturated rings. The van der Waals surface area contributed by atoms with Crippen LogP contribution in [0.3, 0.4) is 0 Å². The molecule has 30 heavy (non-hydrogen) atoms. The Morgan fingerprint density at radius 2 is 1.80 bits per heavy atom.